The fraction of sp³-hybridized carbons (Fsp3) is 0.636. The Labute approximate surface area is 92.2 Å². The molecule has 5 heteroatoms. The molecule has 1 unspecified atom stereocenters. The van der Waals surface area contributed by atoms with E-state index in [0.29, 0.717) is 6.42 Å². The van der Waals surface area contributed by atoms with E-state index in [4.69, 9.17) is 11.5 Å². The maximum Gasteiger partial charge on any atom is 0.398 e. The van der Waals surface area contributed by atoms with E-state index in [2.05, 4.69) is 0 Å². The summed E-state index contributed by atoms with van der Waals surface area (Å²) in [5, 5.41) is 0. The lowest BCUT2D eigenvalue weighted by Crippen LogP contribution is -2.41. The van der Waals surface area contributed by atoms with Crippen molar-refractivity contribution in [2.45, 2.75) is 25.1 Å². The summed E-state index contributed by atoms with van der Waals surface area (Å²) in [6, 6.07) is -0.320. The van der Waals surface area contributed by atoms with Crippen LogP contribution in [0.2, 0.25) is 0 Å². The van der Waals surface area contributed by atoms with Gasteiger partial charge in [0.15, 0.2) is 0 Å². The van der Waals surface area contributed by atoms with E-state index in [9.17, 15) is 13.2 Å². The van der Waals surface area contributed by atoms with Gasteiger partial charge in [-0.15, -0.1) is 0 Å². The van der Waals surface area contributed by atoms with Crippen molar-refractivity contribution in [3.63, 3.8) is 0 Å². The first-order chi connectivity index (χ1) is 7.40. The molecule has 2 aliphatic rings. The molecular formula is C11H15F3N2. The van der Waals surface area contributed by atoms with Crippen LogP contribution < -0.4 is 11.5 Å². The van der Waals surface area contributed by atoms with Crippen molar-refractivity contribution in [2.75, 3.05) is 6.54 Å². The Morgan fingerprint density at radius 3 is 2.38 bits per heavy atom. The molecule has 0 aromatic rings. The molecule has 0 radical (unpaired) electrons. The fourth-order valence-electron chi connectivity index (χ4n) is 2.35. The molecule has 0 amide bonds. The summed E-state index contributed by atoms with van der Waals surface area (Å²) in [7, 11) is 0. The van der Waals surface area contributed by atoms with Gasteiger partial charge in [-0.2, -0.15) is 13.2 Å². The van der Waals surface area contributed by atoms with Crippen molar-refractivity contribution in [2.24, 2.45) is 22.8 Å². The molecule has 0 bridgehead atoms. The van der Waals surface area contributed by atoms with Crippen LogP contribution in [-0.2, 0) is 0 Å². The standard InChI is InChI=1S/C11H15F3N2/c12-11(13,14)10(8-5-9(8)16)3-1-7(6-15)2-4-10/h1-3,8-9H,4-6,15-16H2/t8-,9-,10?/m1/s1. The van der Waals surface area contributed by atoms with Gasteiger partial charge in [-0.1, -0.05) is 18.2 Å². The number of alkyl halides is 3. The third-order valence-corrected chi connectivity index (χ3v) is 3.56. The van der Waals surface area contributed by atoms with Crippen molar-refractivity contribution >= 4 is 0 Å². The van der Waals surface area contributed by atoms with Gasteiger partial charge >= 0.3 is 6.18 Å². The summed E-state index contributed by atoms with van der Waals surface area (Å²) in [6.45, 7) is 0.279. The smallest absolute Gasteiger partial charge is 0.327 e. The van der Waals surface area contributed by atoms with Crippen LogP contribution in [0.4, 0.5) is 13.2 Å². The molecule has 2 rings (SSSR count). The van der Waals surface area contributed by atoms with E-state index in [1.807, 2.05) is 0 Å². The Bertz CT molecular complexity index is 346. The topological polar surface area (TPSA) is 52.0 Å². The lowest BCUT2D eigenvalue weighted by molar-refractivity contribution is -0.213. The SMILES string of the molecule is NCC1=CCC([C@@H]2C[C@H]2N)(C(F)(F)F)C=C1. The maximum absolute atomic E-state index is 13.1. The maximum atomic E-state index is 13.1. The Hall–Kier alpha value is -0.810. The van der Waals surface area contributed by atoms with Crippen LogP contribution in [0.3, 0.4) is 0 Å². The van der Waals surface area contributed by atoms with Gasteiger partial charge in [-0.05, 0) is 24.3 Å². The minimum Gasteiger partial charge on any atom is -0.327 e. The van der Waals surface area contributed by atoms with E-state index in [0.717, 1.165) is 5.57 Å². The third kappa shape index (κ3) is 1.68. The molecule has 1 fully saturated rings. The zero-order chi connectivity index (χ0) is 12.0. The first kappa shape index (κ1) is 11.7. The van der Waals surface area contributed by atoms with Crippen LogP contribution in [0.1, 0.15) is 12.8 Å². The largest absolute Gasteiger partial charge is 0.398 e. The lowest BCUT2D eigenvalue weighted by Gasteiger charge is -2.35. The summed E-state index contributed by atoms with van der Waals surface area (Å²) in [4.78, 5) is 0. The molecule has 90 valence electrons. The van der Waals surface area contributed by atoms with Crippen LogP contribution >= 0.6 is 0 Å². The molecular weight excluding hydrogens is 217 g/mol. The lowest BCUT2D eigenvalue weighted by atomic mass is 9.75. The normalized spacial score (nSPS) is 38.4. The summed E-state index contributed by atoms with van der Waals surface area (Å²) >= 11 is 0. The molecule has 0 heterocycles. The quantitative estimate of drug-likeness (QED) is 0.761. The molecule has 0 aliphatic heterocycles. The number of hydrogen-bond donors (Lipinski definition) is 2. The van der Waals surface area contributed by atoms with Gasteiger partial charge < -0.3 is 11.5 Å². The molecule has 2 aliphatic carbocycles. The number of halogens is 3. The summed E-state index contributed by atoms with van der Waals surface area (Å²) in [5.74, 6) is -0.473. The molecule has 4 N–H and O–H groups in total. The highest BCUT2D eigenvalue weighted by molar-refractivity contribution is 5.31. The van der Waals surface area contributed by atoms with Gasteiger partial charge in [0, 0.05) is 12.6 Å². The van der Waals surface area contributed by atoms with E-state index < -0.39 is 17.5 Å². The fourth-order valence-corrected chi connectivity index (χ4v) is 2.35. The van der Waals surface area contributed by atoms with Gasteiger partial charge in [-0.25, -0.2) is 0 Å². The molecule has 0 aromatic carbocycles. The summed E-state index contributed by atoms with van der Waals surface area (Å²) in [6.07, 6.45) is 0.514. The minimum absolute atomic E-state index is 0.0299. The van der Waals surface area contributed by atoms with Crippen LogP contribution in [0.5, 0.6) is 0 Å². The zero-order valence-electron chi connectivity index (χ0n) is 8.80. The van der Waals surface area contributed by atoms with Crippen LogP contribution in [0.25, 0.3) is 0 Å². The highest BCUT2D eigenvalue weighted by atomic mass is 19.4. The van der Waals surface area contributed by atoms with Gasteiger partial charge in [0.2, 0.25) is 0 Å². The van der Waals surface area contributed by atoms with Crippen LogP contribution in [0, 0.1) is 11.3 Å². The van der Waals surface area contributed by atoms with Gasteiger partial charge in [-0.3, -0.25) is 0 Å². The van der Waals surface area contributed by atoms with Crippen molar-refractivity contribution < 1.29 is 13.2 Å². The second-order valence-corrected chi connectivity index (χ2v) is 4.56. The molecule has 0 saturated heterocycles. The van der Waals surface area contributed by atoms with Crippen molar-refractivity contribution in [1.29, 1.82) is 0 Å². The Balaban J connectivity index is 2.27. The second-order valence-electron chi connectivity index (χ2n) is 4.56. The first-order valence-electron chi connectivity index (χ1n) is 5.31. The molecule has 3 atom stereocenters. The molecule has 0 aromatic heterocycles. The van der Waals surface area contributed by atoms with Crippen molar-refractivity contribution in [1.82, 2.24) is 0 Å². The van der Waals surface area contributed by atoms with Crippen LogP contribution in [0.15, 0.2) is 23.8 Å². The minimum atomic E-state index is -4.24. The zero-order valence-corrected chi connectivity index (χ0v) is 8.80. The number of rotatable bonds is 2. The Morgan fingerprint density at radius 2 is 2.06 bits per heavy atom. The highest BCUT2D eigenvalue weighted by Crippen LogP contribution is 2.58. The second kappa shape index (κ2) is 3.60. The predicted molar refractivity (Wildman–Crippen MR) is 55.5 cm³/mol. The van der Waals surface area contributed by atoms with Crippen LogP contribution in [-0.4, -0.2) is 18.8 Å². The highest BCUT2D eigenvalue weighted by Gasteiger charge is 2.63. The van der Waals surface area contributed by atoms with Crippen molar-refractivity contribution in [3.8, 4) is 0 Å². The molecule has 2 nitrogen and oxygen atoms in total. The number of nitrogens with two attached hydrogens (primary N) is 2. The Kier molecular flexibility index (Phi) is 2.62. The average molecular weight is 232 g/mol. The van der Waals surface area contributed by atoms with Gasteiger partial charge in [0.25, 0.3) is 0 Å². The van der Waals surface area contributed by atoms with E-state index in [1.165, 1.54) is 12.2 Å². The predicted octanol–water partition coefficient (Wildman–Crippen LogP) is 1.73. The summed E-state index contributed by atoms with van der Waals surface area (Å²) < 4.78 is 39.4. The van der Waals surface area contributed by atoms with Gasteiger partial charge in [0.05, 0.1) is 5.41 Å². The third-order valence-electron chi connectivity index (χ3n) is 3.56. The molecule has 1 saturated carbocycles. The monoisotopic (exact) mass is 232 g/mol. The molecule has 16 heavy (non-hydrogen) atoms. The number of allylic oxidation sites excluding steroid dienone is 2. The average Bonchev–Trinajstić information content (AvgIpc) is 2.94. The van der Waals surface area contributed by atoms with E-state index >= 15 is 0 Å². The Morgan fingerprint density at radius 1 is 1.44 bits per heavy atom. The molecule has 0 spiro atoms. The van der Waals surface area contributed by atoms with E-state index in [1.54, 1.807) is 6.08 Å². The van der Waals surface area contributed by atoms with Gasteiger partial charge in [0.1, 0.15) is 0 Å². The summed E-state index contributed by atoms with van der Waals surface area (Å²) in [5.41, 5.74) is 9.96. The number of hydrogen-bond acceptors (Lipinski definition) is 2. The first-order valence-corrected chi connectivity index (χ1v) is 5.31. The van der Waals surface area contributed by atoms with E-state index in [-0.39, 0.29) is 19.0 Å². The van der Waals surface area contributed by atoms with Crippen molar-refractivity contribution in [3.05, 3.63) is 23.8 Å².